The van der Waals surface area contributed by atoms with Gasteiger partial charge >= 0.3 is 0 Å². The smallest absolute Gasteiger partial charge is 0.262 e. The van der Waals surface area contributed by atoms with Crippen LogP contribution in [0.5, 0.6) is 0 Å². The van der Waals surface area contributed by atoms with E-state index in [1.54, 1.807) is 35.6 Å². The topological polar surface area (TPSA) is 72.3 Å². The Morgan fingerprint density at radius 1 is 1.11 bits per heavy atom. The van der Waals surface area contributed by atoms with Crippen LogP contribution in [0.4, 0.5) is 0 Å². The van der Waals surface area contributed by atoms with Crippen LogP contribution >= 0.6 is 11.3 Å². The first-order chi connectivity index (χ1) is 13.5. The molecule has 1 unspecified atom stereocenters. The van der Waals surface area contributed by atoms with Crippen molar-refractivity contribution in [1.82, 2.24) is 14.5 Å². The molecule has 0 N–H and O–H groups in total. The van der Waals surface area contributed by atoms with Crippen molar-refractivity contribution >= 4 is 33.4 Å². The van der Waals surface area contributed by atoms with E-state index in [-0.39, 0.29) is 30.5 Å². The van der Waals surface area contributed by atoms with E-state index >= 15 is 0 Å². The number of benzene rings is 1. The molecule has 0 bridgehead atoms. The number of aromatic nitrogens is 2. The van der Waals surface area contributed by atoms with Crippen LogP contribution < -0.4 is 5.56 Å². The Balaban J connectivity index is 1.44. The van der Waals surface area contributed by atoms with Crippen molar-refractivity contribution in [2.75, 3.05) is 6.54 Å². The Bertz CT molecular complexity index is 1160. The third-order valence-corrected chi connectivity index (χ3v) is 6.89. The van der Waals surface area contributed by atoms with Crippen LogP contribution in [0, 0.1) is 5.92 Å². The zero-order chi connectivity index (χ0) is 19.4. The van der Waals surface area contributed by atoms with Gasteiger partial charge < -0.3 is 0 Å². The van der Waals surface area contributed by atoms with Crippen LogP contribution in [-0.4, -0.2) is 32.8 Å². The molecule has 142 valence electrons. The molecule has 0 spiro atoms. The maximum atomic E-state index is 13.1. The van der Waals surface area contributed by atoms with Gasteiger partial charge in [-0.3, -0.25) is 23.9 Å². The van der Waals surface area contributed by atoms with Gasteiger partial charge in [0.15, 0.2) is 0 Å². The van der Waals surface area contributed by atoms with Crippen LogP contribution in [0.2, 0.25) is 0 Å². The molecule has 0 saturated heterocycles. The van der Waals surface area contributed by atoms with E-state index in [1.807, 2.05) is 0 Å². The predicted octanol–water partition coefficient (Wildman–Crippen LogP) is 2.88. The molecule has 3 aromatic rings. The molecule has 1 atom stereocenters. The van der Waals surface area contributed by atoms with Crippen molar-refractivity contribution in [3.05, 3.63) is 62.5 Å². The first-order valence-corrected chi connectivity index (χ1v) is 10.3. The van der Waals surface area contributed by atoms with E-state index in [1.165, 1.54) is 20.7 Å². The van der Waals surface area contributed by atoms with Crippen molar-refractivity contribution in [1.29, 1.82) is 0 Å². The quantitative estimate of drug-likeness (QED) is 0.642. The fourth-order valence-corrected chi connectivity index (χ4v) is 5.52. The number of aryl methyl sites for hydroxylation is 1. The van der Waals surface area contributed by atoms with Crippen LogP contribution in [-0.2, 0) is 19.4 Å². The lowest BCUT2D eigenvalue weighted by Crippen LogP contribution is -2.35. The van der Waals surface area contributed by atoms with Crippen LogP contribution in [0.1, 0.15) is 44.5 Å². The number of nitrogens with zero attached hydrogens (tertiary/aromatic N) is 3. The summed E-state index contributed by atoms with van der Waals surface area (Å²) in [6.07, 6.45) is 4.54. The van der Waals surface area contributed by atoms with Crippen LogP contribution in [0.25, 0.3) is 10.2 Å². The zero-order valence-corrected chi connectivity index (χ0v) is 16.3. The highest BCUT2D eigenvalue weighted by Crippen LogP contribution is 2.35. The molecule has 2 aromatic heterocycles. The molecular formula is C21H19N3O3S. The lowest BCUT2D eigenvalue weighted by molar-refractivity contribution is 0.0648. The number of amides is 2. The number of carbonyl (C=O) groups is 2. The average molecular weight is 393 g/mol. The summed E-state index contributed by atoms with van der Waals surface area (Å²) in [4.78, 5) is 45.9. The highest BCUT2D eigenvalue weighted by molar-refractivity contribution is 7.18. The van der Waals surface area contributed by atoms with E-state index in [9.17, 15) is 14.4 Å². The SMILES string of the molecule is CC1CCc2c(sc3ncn(CCN4C(=O)c5ccccc5C4=O)c(=O)c23)C1. The van der Waals surface area contributed by atoms with Gasteiger partial charge in [-0.1, -0.05) is 19.1 Å². The summed E-state index contributed by atoms with van der Waals surface area (Å²) >= 11 is 1.62. The van der Waals surface area contributed by atoms with Crippen molar-refractivity contribution in [2.24, 2.45) is 5.92 Å². The van der Waals surface area contributed by atoms with Gasteiger partial charge in [-0.25, -0.2) is 4.98 Å². The normalized spacial score (nSPS) is 18.6. The van der Waals surface area contributed by atoms with E-state index in [0.717, 1.165) is 35.0 Å². The van der Waals surface area contributed by atoms with E-state index < -0.39 is 0 Å². The third-order valence-electron chi connectivity index (χ3n) is 5.72. The summed E-state index contributed by atoms with van der Waals surface area (Å²) in [6, 6.07) is 6.81. The largest absolute Gasteiger partial charge is 0.297 e. The summed E-state index contributed by atoms with van der Waals surface area (Å²) in [6.45, 7) is 2.64. The Morgan fingerprint density at radius 3 is 2.54 bits per heavy atom. The molecule has 5 rings (SSSR count). The predicted molar refractivity (Wildman–Crippen MR) is 107 cm³/mol. The minimum atomic E-state index is -0.301. The number of fused-ring (bicyclic) bond motifs is 4. The summed E-state index contributed by atoms with van der Waals surface area (Å²) < 4.78 is 1.52. The summed E-state index contributed by atoms with van der Waals surface area (Å²) in [5, 5.41) is 0.719. The monoisotopic (exact) mass is 393 g/mol. The van der Waals surface area contributed by atoms with Gasteiger partial charge in [0.1, 0.15) is 4.83 Å². The molecule has 0 radical (unpaired) electrons. The zero-order valence-electron chi connectivity index (χ0n) is 15.5. The van der Waals surface area contributed by atoms with E-state index in [4.69, 9.17) is 0 Å². The van der Waals surface area contributed by atoms with E-state index in [2.05, 4.69) is 11.9 Å². The first-order valence-electron chi connectivity index (χ1n) is 9.49. The number of carbonyl (C=O) groups excluding carboxylic acids is 2. The lowest BCUT2D eigenvalue weighted by atomic mass is 9.89. The highest BCUT2D eigenvalue weighted by atomic mass is 32.1. The molecule has 2 amide bonds. The maximum Gasteiger partial charge on any atom is 0.262 e. The van der Waals surface area contributed by atoms with Crippen molar-refractivity contribution in [3.8, 4) is 0 Å². The second-order valence-electron chi connectivity index (χ2n) is 7.58. The Kier molecular flexibility index (Phi) is 3.94. The standard InChI is InChI=1S/C21H19N3O3S/c1-12-6-7-15-16(10-12)28-18-17(15)21(27)23(11-22-18)8-9-24-19(25)13-4-2-3-5-14(13)20(24)26/h2-5,11-12H,6-10H2,1H3. The van der Waals surface area contributed by atoms with Gasteiger partial charge in [0.2, 0.25) is 0 Å². The maximum absolute atomic E-state index is 13.1. The van der Waals surface area contributed by atoms with Crippen LogP contribution in [0.15, 0.2) is 35.4 Å². The number of imide groups is 1. The number of hydrogen-bond donors (Lipinski definition) is 0. The van der Waals surface area contributed by atoms with Gasteiger partial charge in [-0.2, -0.15) is 0 Å². The molecule has 7 heteroatoms. The van der Waals surface area contributed by atoms with Crippen molar-refractivity contribution < 1.29 is 9.59 Å². The molecule has 1 aromatic carbocycles. The molecule has 2 aliphatic rings. The molecule has 1 aliphatic carbocycles. The van der Waals surface area contributed by atoms with Gasteiger partial charge in [0, 0.05) is 18.0 Å². The summed E-state index contributed by atoms with van der Waals surface area (Å²) in [5.41, 5.74) is 1.92. The fourth-order valence-electron chi connectivity index (χ4n) is 4.18. The Labute approximate surface area is 165 Å². The molecule has 6 nitrogen and oxygen atoms in total. The minimum Gasteiger partial charge on any atom is -0.297 e. The van der Waals surface area contributed by atoms with E-state index in [0.29, 0.717) is 17.0 Å². The molecule has 28 heavy (non-hydrogen) atoms. The number of hydrogen-bond acceptors (Lipinski definition) is 5. The third kappa shape index (κ3) is 2.53. The Hall–Kier alpha value is -2.80. The highest BCUT2D eigenvalue weighted by Gasteiger charge is 2.34. The molecule has 3 heterocycles. The van der Waals surface area contributed by atoms with Crippen LogP contribution in [0.3, 0.4) is 0 Å². The number of rotatable bonds is 3. The lowest BCUT2D eigenvalue weighted by Gasteiger charge is -2.17. The second-order valence-corrected chi connectivity index (χ2v) is 8.67. The van der Waals surface area contributed by atoms with Crippen molar-refractivity contribution in [3.63, 3.8) is 0 Å². The Morgan fingerprint density at radius 2 is 1.82 bits per heavy atom. The summed E-state index contributed by atoms with van der Waals surface area (Å²) in [5.74, 6) is 0.0331. The fraction of sp³-hybridized carbons (Fsp3) is 0.333. The molecule has 1 aliphatic heterocycles. The number of thiophene rings is 1. The van der Waals surface area contributed by atoms with Crippen molar-refractivity contribution in [2.45, 2.75) is 32.7 Å². The van der Waals surface area contributed by atoms with Gasteiger partial charge in [-0.15, -0.1) is 11.3 Å². The summed E-state index contributed by atoms with van der Waals surface area (Å²) in [7, 11) is 0. The first kappa shape index (κ1) is 17.3. The average Bonchev–Trinajstić information content (AvgIpc) is 3.17. The minimum absolute atomic E-state index is 0.0753. The molecule has 0 saturated carbocycles. The van der Waals surface area contributed by atoms with Gasteiger partial charge in [0.05, 0.1) is 22.8 Å². The molecular weight excluding hydrogens is 374 g/mol. The van der Waals surface area contributed by atoms with Gasteiger partial charge in [0.25, 0.3) is 17.4 Å². The molecule has 0 fully saturated rings. The van der Waals surface area contributed by atoms with Gasteiger partial charge in [-0.05, 0) is 42.9 Å². The second kappa shape index (κ2) is 6.38.